The van der Waals surface area contributed by atoms with E-state index in [1.54, 1.807) is 33.3 Å². The molecule has 0 bridgehead atoms. The highest BCUT2D eigenvalue weighted by atomic mass is 16.5. The maximum atomic E-state index is 12.2. The van der Waals surface area contributed by atoms with Gasteiger partial charge < -0.3 is 20.1 Å². The van der Waals surface area contributed by atoms with Gasteiger partial charge in [0.25, 0.3) is 0 Å². The van der Waals surface area contributed by atoms with E-state index in [2.05, 4.69) is 10.6 Å². The Balaban J connectivity index is 2.05. The highest BCUT2D eigenvalue weighted by molar-refractivity contribution is 6.39. The first-order valence-electron chi connectivity index (χ1n) is 8.26. The average Bonchev–Trinajstić information content (AvgIpc) is 2.59. The molecule has 138 valence electrons. The normalized spacial score (nSPS) is 11.4. The molecule has 6 nitrogen and oxygen atoms in total. The first-order chi connectivity index (χ1) is 12.3. The summed E-state index contributed by atoms with van der Waals surface area (Å²) in [5.74, 6) is -0.248. The molecule has 0 aliphatic heterocycles. The Morgan fingerprint density at radius 2 is 1.50 bits per heavy atom. The van der Waals surface area contributed by atoms with Gasteiger partial charge in [-0.1, -0.05) is 12.1 Å². The molecule has 2 N–H and O–H groups in total. The predicted octanol–water partition coefficient (Wildman–Crippen LogP) is 3.14. The number of rotatable bonds is 5. The molecule has 0 fully saturated rings. The van der Waals surface area contributed by atoms with E-state index in [1.807, 2.05) is 38.1 Å². The summed E-state index contributed by atoms with van der Waals surface area (Å²) in [5.41, 5.74) is 3.43. The Hall–Kier alpha value is -3.02. The van der Waals surface area contributed by atoms with Crippen LogP contribution in [-0.4, -0.2) is 26.0 Å². The largest absolute Gasteiger partial charge is 0.493 e. The van der Waals surface area contributed by atoms with Crippen molar-refractivity contribution in [3.8, 4) is 11.5 Å². The molecule has 0 saturated heterocycles. The number of methoxy groups -OCH3 is 2. The molecule has 26 heavy (non-hydrogen) atoms. The fraction of sp³-hybridized carbons (Fsp3) is 0.300. The lowest BCUT2D eigenvalue weighted by Gasteiger charge is -2.16. The summed E-state index contributed by atoms with van der Waals surface area (Å²) < 4.78 is 10.5. The number of carbonyl (C=O) groups excluding carboxylic acids is 2. The van der Waals surface area contributed by atoms with Gasteiger partial charge >= 0.3 is 11.8 Å². The van der Waals surface area contributed by atoms with E-state index in [0.717, 1.165) is 16.7 Å². The minimum atomic E-state index is -0.706. The number of nitrogens with one attached hydrogen (secondary N) is 2. The molecule has 0 aliphatic rings. The highest BCUT2D eigenvalue weighted by Crippen LogP contribution is 2.29. The number of anilines is 1. The van der Waals surface area contributed by atoms with Crippen molar-refractivity contribution in [1.82, 2.24) is 5.32 Å². The maximum Gasteiger partial charge on any atom is 0.313 e. The minimum absolute atomic E-state index is 0.368. The fourth-order valence-electron chi connectivity index (χ4n) is 2.70. The molecule has 2 aromatic carbocycles. The van der Waals surface area contributed by atoms with Crippen molar-refractivity contribution in [2.45, 2.75) is 26.8 Å². The molecule has 0 spiro atoms. The Labute approximate surface area is 153 Å². The molecule has 6 heteroatoms. The third kappa shape index (κ3) is 4.75. The van der Waals surface area contributed by atoms with Crippen LogP contribution in [0.15, 0.2) is 36.4 Å². The smallest absolute Gasteiger partial charge is 0.313 e. The summed E-state index contributed by atoms with van der Waals surface area (Å²) in [5, 5.41) is 5.31. The molecule has 2 amide bonds. The molecule has 0 radical (unpaired) electrons. The van der Waals surface area contributed by atoms with Gasteiger partial charge in [0.05, 0.1) is 20.3 Å². The van der Waals surface area contributed by atoms with Gasteiger partial charge in [-0.15, -0.1) is 0 Å². The third-order valence-corrected chi connectivity index (χ3v) is 3.94. The van der Waals surface area contributed by atoms with Crippen molar-refractivity contribution >= 4 is 17.5 Å². The summed E-state index contributed by atoms with van der Waals surface area (Å²) in [6.07, 6.45) is 0. The van der Waals surface area contributed by atoms with Gasteiger partial charge in [0, 0.05) is 5.69 Å². The number of aryl methyl sites for hydroxylation is 2. The summed E-state index contributed by atoms with van der Waals surface area (Å²) in [6, 6.07) is 10.6. The van der Waals surface area contributed by atoms with E-state index in [4.69, 9.17) is 9.47 Å². The van der Waals surface area contributed by atoms with E-state index in [9.17, 15) is 9.59 Å². The van der Waals surface area contributed by atoms with Gasteiger partial charge in [-0.3, -0.25) is 9.59 Å². The third-order valence-electron chi connectivity index (χ3n) is 3.94. The Morgan fingerprint density at radius 3 is 2.08 bits per heavy atom. The van der Waals surface area contributed by atoms with Crippen LogP contribution in [0.25, 0.3) is 0 Å². The zero-order valence-electron chi connectivity index (χ0n) is 15.7. The van der Waals surface area contributed by atoms with Crippen LogP contribution >= 0.6 is 0 Å². The second-order valence-electron chi connectivity index (χ2n) is 6.14. The number of carbonyl (C=O) groups is 2. The van der Waals surface area contributed by atoms with E-state index < -0.39 is 11.8 Å². The average molecular weight is 356 g/mol. The SMILES string of the molecule is COc1ccc(C(C)NC(=O)C(=O)Nc2cc(C)cc(C)c2)cc1OC. The van der Waals surface area contributed by atoms with Crippen molar-refractivity contribution in [1.29, 1.82) is 0 Å². The number of ether oxygens (including phenoxy) is 2. The zero-order valence-corrected chi connectivity index (χ0v) is 15.7. The van der Waals surface area contributed by atoms with Crippen molar-refractivity contribution in [2.24, 2.45) is 0 Å². The molecule has 2 rings (SSSR count). The predicted molar refractivity (Wildman–Crippen MR) is 101 cm³/mol. The van der Waals surface area contributed by atoms with Crippen LogP contribution < -0.4 is 20.1 Å². The van der Waals surface area contributed by atoms with Gasteiger partial charge in [0.15, 0.2) is 11.5 Å². The minimum Gasteiger partial charge on any atom is -0.493 e. The Morgan fingerprint density at radius 1 is 0.885 bits per heavy atom. The van der Waals surface area contributed by atoms with E-state index >= 15 is 0 Å². The van der Waals surface area contributed by atoms with Gasteiger partial charge in [-0.25, -0.2) is 0 Å². The standard InChI is InChI=1S/C20H24N2O4/c1-12-8-13(2)10-16(9-12)22-20(24)19(23)21-14(3)15-6-7-17(25-4)18(11-15)26-5/h6-11,14H,1-5H3,(H,21,23)(H,22,24). The summed E-state index contributed by atoms with van der Waals surface area (Å²) >= 11 is 0. The molecule has 0 saturated carbocycles. The zero-order chi connectivity index (χ0) is 19.3. The van der Waals surface area contributed by atoms with Gasteiger partial charge in [-0.05, 0) is 61.7 Å². The lowest BCUT2D eigenvalue weighted by atomic mass is 10.1. The molecule has 2 aromatic rings. The number of hydrogen-bond donors (Lipinski definition) is 2. The topological polar surface area (TPSA) is 76.7 Å². The van der Waals surface area contributed by atoms with Crippen LogP contribution in [0, 0.1) is 13.8 Å². The lowest BCUT2D eigenvalue weighted by molar-refractivity contribution is -0.136. The van der Waals surface area contributed by atoms with Gasteiger partial charge in [0.2, 0.25) is 0 Å². The lowest BCUT2D eigenvalue weighted by Crippen LogP contribution is -2.36. The molecule has 1 unspecified atom stereocenters. The van der Waals surface area contributed by atoms with E-state index in [1.165, 1.54) is 0 Å². The second-order valence-corrected chi connectivity index (χ2v) is 6.14. The van der Waals surface area contributed by atoms with Gasteiger partial charge in [-0.2, -0.15) is 0 Å². The van der Waals surface area contributed by atoms with Crippen LogP contribution in [0.1, 0.15) is 29.7 Å². The molecule has 0 aliphatic carbocycles. The Kier molecular flexibility index (Phi) is 6.22. The van der Waals surface area contributed by atoms with Crippen molar-refractivity contribution < 1.29 is 19.1 Å². The summed E-state index contributed by atoms with van der Waals surface area (Å²) in [6.45, 7) is 5.66. The molecule has 1 atom stereocenters. The van der Waals surface area contributed by atoms with Crippen LogP contribution in [0.2, 0.25) is 0 Å². The first kappa shape index (κ1) is 19.3. The monoisotopic (exact) mass is 356 g/mol. The van der Waals surface area contributed by atoms with E-state index in [-0.39, 0.29) is 6.04 Å². The number of amides is 2. The molecular weight excluding hydrogens is 332 g/mol. The second kappa shape index (κ2) is 8.38. The summed E-state index contributed by atoms with van der Waals surface area (Å²) in [4.78, 5) is 24.4. The summed E-state index contributed by atoms with van der Waals surface area (Å²) in [7, 11) is 3.10. The molecular formula is C20H24N2O4. The molecule has 0 heterocycles. The van der Waals surface area contributed by atoms with Crippen molar-refractivity contribution in [3.63, 3.8) is 0 Å². The van der Waals surface area contributed by atoms with Crippen molar-refractivity contribution in [2.75, 3.05) is 19.5 Å². The van der Waals surface area contributed by atoms with Crippen LogP contribution in [-0.2, 0) is 9.59 Å². The Bertz CT molecular complexity index is 797. The first-order valence-corrected chi connectivity index (χ1v) is 8.26. The highest BCUT2D eigenvalue weighted by Gasteiger charge is 2.18. The quantitative estimate of drug-likeness (QED) is 0.807. The van der Waals surface area contributed by atoms with Crippen molar-refractivity contribution in [3.05, 3.63) is 53.1 Å². The van der Waals surface area contributed by atoms with Crippen LogP contribution in [0.5, 0.6) is 11.5 Å². The van der Waals surface area contributed by atoms with Crippen LogP contribution in [0.3, 0.4) is 0 Å². The number of hydrogen-bond acceptors (Lipinski definition) is 4. The fourth-order valence-corrected chi connectivity index (χ4v) is 2.70. The molecule has 0 aromatic heterocycles. The van der Waals surface area contributed by atoms with Gasteiger partial charge in [0.1, 0.15) is 0 Å². The van der Waals surface area contributed by atoms with E-state index in [0.29, 0.717) is 17.2 Å². The van der Waals surface area contributed by atoms with Crippen LogP contribution in [0.4, 0.5) is 5.69 Å². The maximum absolute atomic E-state index is 12.2. The number of benzene rings is 2.